The molecule has 0 spiro atoms. The number of aliphatic hydroxyl groups is 1. The van der Waals surface area contributed by atoms with Crippen LogP contribution in [0.5, 0.6) is 0 Å². The van der Waals surface area contributed by atoms with Crippen LogP contribution < -0.4 is 0 Å². The highest BCUT2D eigenvalue weighted by molar-refractivity contribution is 5.35. The number of hydrogen-bond donors (Lipinski definition) is 1. The van der Waals surface area contributed by atoms with Crippen molar-refractivity contribution >= 4 is 0 Å². The summed E-state index contributed by atoms with van der Waals surface area (Å²) in [6, 6.07) is 0.968. The Morgan fingerprint density at radius 1 is 1.39 bits per heavy atom. The summed E-state index contributed by atoms with van der Waals surface area (Å²) in [5, 5.41) is 10.9. The maximum absolute atomic E-state index is 10.9. The van der Waals surface area contributed by atoms with Crippen LogP contribution in [0.4, 0.5) is 0 Å². The van der Waals surface area contributed by atoms with E-state index in [9.17, 15) is 5.11 Å². The van der Waals surface area contributed by atoms with E-state index in [1.807, 2.05) is 0 Å². The highest BCUT2D eigenvalue weighted by Gasteiger charge is 2.60. The first-order valence-electron chi connectivity index (χ1n) is 8.92. The molecule has 3 heteroatoms. The molecule has 124 valence electrons. The van der Waals surface area contributed by atoms with E-state index in [1.165, 1.54) is 0 Å². The van der Waals surface area contributed by atoms with Gasteiger partial charge >= 0.3 is 0 Å². The Morgan fingerprint density at radius 3 is 2.96 bits per heavy atom. The molecule has 0 unspecified atom stereocenters. The molecular weight excluding hydrogens is 286 g/mol. The molecule has 2 aliphatic carbocycles. The van der Waals surface area contributed by atoms with E-state index in [0.717, 1.165) is 57.2 Å². The molecule has 2 fully saturated rings. The van der Waals surface area contributed by atoms with Gasteiger partial charge in [-0.25, -0.2) is 0 Å². The quantitative estimate of drug-likeness (QED) is 0.597. The number of rotatable bonds is 1. The number of ether oxygens (including phenoxy) is 1. The van der Waals surface area contributed by atoms with Crippen LogP contribution in [-0.2, 0) is 4.74 Å². The van der Waals surface area contributed by atoms with Crippen molar-refractivity contribution in [2.75, 3.05) is 13.7 Å². The van der Waals surface area contributed by atoms with Crippen molar-refractivity contribution in [3.8, 4) is 12.3 Å². The lowest BCUT2D eigenvalue weighted by molar-refractivity contribution is -0.0774. The molecule has 2 heterocycles. The van der Waals surface area contributed by atoms with Crippen molar-refractivity contribution < 1.29 is 9.84 Å². The summed E-state index contributed by atoms with van der Waals surface area (Å²) in [6.45, 7) is 3.32. The molecule has 0 aromatic carbocycles. The molecule has 1 N–H and O–H groups in total. The number of fused-ring (bicyclic) bond motifs is 4. The maximum Gasteiger partial charge on any atom is 0.132 e. The van der Waals surface area contributed by atoms with Crippen LogP contribution in [-0.4, -0.2) is 41.3 Å². The van der Waals surface area contributed by atoms with Gasteiger partial charge in [0.1, 0.15) is 5.60 Å². The van der Waals surface area contributed by atoms with Crippen LogP contribution in [0.15, 0.2) is 23.0 Å². The molecule has 3 nitrogen and oxygen atoms in total. The van der Waals surface area contributed by atoms with Crippen molar-refractivity contribution in [1.82, 2.24) is 4.90 Å². The van der Waals surface area contributed by atoms with Crippen molar-refractivity contribution in [3.05, 3.63) is 23.0 Å². The summed E-state index contributed by atoms with van der Waals surface area (Å²) in [4.78, 5) is 2.67. The molecule has 4 atom stereocenters. The van der Waals surface area contributed by atoms with E-state index in [-0.39, 0.29) is 5.41 Å². The first-order chi connectivity index (χ1) is 11.0. The summed E-state index contributed by atoms with van der Waals surface area (Å²) in [6.07, 6.45) is 15.0. The molecule has 0 aromatic heterocycles. The molecule has 0 radical (unpaired) electrons. The molecule has 0 amide bonds. The maximum atomic E-state index is 10.9. The molecular formula is C20H27NO2. The molecule has 4 aliphatic rings. The smallest absolute Gasteiger partial charge is 0.132 e. The largest absolute Gasteiger partial charge is 0.501 e. The van der Waals surface area contributed by atoms with Gasteiger partial charge < -0.3 is 9.84 Å². The summed E-state index contributed by atoms with van der Waals surface area (Å²) in [7, 11) is 1.78. The van der Waals surface area contributed by atoms with Gasteiger partial charge in [0.2, 0.25) is 0 Å². The Morgan fingerprint density at radius 2 is 2.22 bits per heavy atom. The van der Waals surface area contributed by atoms with E-state index < -0.39 is 5.60 Å². The van der Waals surface area contributed by atoms with Crippen LogP contribution in [0.2, 0.25) is 0 Å². The van der Waals surface area contributed by atoms with E-state index >= 15 is 0 Å². The fourth-order valence-corrected chi connectivity index (χ4v) is 5.68. The lowest BCUT2D eigenvalue weighted by Gasteiger charge is -2.55. The minimum Gasteiger partial charge on any atom is -0.501 e. The minimum atomic E-state index is -0.924. The molecule has 23 heavy (non-hydrogen) atoms. The van der Waals surface area contributed by atoms with Gasteiger partial charge in [-0.2, -0.15) is 0 Å². The molecule has 0 bridgehead atoms. The van der Waals surface area contributed by atoms with Gasteiger partial charge in [0.05, 0.1) is 12.9 Å². The number of hydrogen-bond acceptors (Lipinski definition) is 3. The van der Waals surface area contributed by atoms with Gasteiger partial charge in [-0.15, -0.1) is 6.42 Å². The summed E-state index contributed by atoms with van der Waals surface area (Å²) in [5.74, 6) is 3.86. The monoisotopic (exact) mass is 313 g/mol. The van der Waals surface area contributed by atoms with Crippen LogP contribution in [0.3, 0.4) is 0 Å². The number of piperidine rings is 1. The van der Waals surface area contributed by atoms with E-state index in [4.69, 9.17) is 11.2 Å². The Balaban J connectivity index is 1.63. The molecule has 4 rings (SSSR count). The normalized spacial score (nSPS) is 43.1. The Kier molecular flexibility index (Phi) is 3.41. The standard InChI is InChI=1S/C20H27NO2/c1-4-20(22)11-8-18-19(20,2)10-7-17-16-6-5-15(23-3)13-14(16)9-12-21(17)18/h1,5,17-18,22H,6-13H2,2-3H3/t17-,18-,19+,20+/m1/s1. The number of allylic oxidation sites excluding steroid dienone is 2. The van der Waals surface area contributed by atoms with Crippen molar-refractivity contribution in [1.29, 1.82) is 0 Å². The highest BCUT2D eigenvalue weighted by Crippen LogP contribution is 2.56. The third kappa shape index (κ3) is 1.98. The van der Waals surface area contributed by atoms with Crippen LogP contribution >= 0.6 is 0 Å². The first kappa shape index (κ1) is 15.3. The van der Waals surface area contributed by atoms with Gasteiger partial charge in [-0.05, 0) is 50.2 Å². The topological polar surface area (TPSA) is 32.7 Å². The number of nitrogens with zero attached hydrogens (tertiary/aromatic N) is 1. The highest BCUT2D eigenvalue weighted by atomic mass is 16.5. The first-order valence-corrected chi connectivity index (χ1v) is 8.92. The Labute approximate surface area is 139 Å². The van der Waals surface area contributed by atoms with Gasteiger partial charge in [0.15, 0.2) is 0 Å². The van der Waals surface area contributed by atoms with Crippen molar-refractivity contribution in [2.45, 2.75) is 69.6 Å². The average molecular weight is 313 g/mol. The third-order valence-corrected chi connectivity index (χ3v) is 7.16. The zero-order chi connectivity index (χ0) is 16.2. The third-order valence-electron chi connectivity index (χ3n) is 7.16. The minimum absolute atomic E-state index is 0.154. The van der Waals surface area contributed by atoms with Gasteiger partial charge in [-0.1, -0.05) is 18.4 Å². The summed E-state index contributed by atoms with van der Waals surface area (Å²) < 4.78 is 5.46. The van der Waals surface area contributed by atoms with Gasteiger partial charge in [-0.3, -0.25) is 4.90 Å². The van der Waals surface area contributed by atoms with Crippen LogP contribution in [0, 0.1) is 17.8 Å². The lowest BCUT2D eigenvalue weighted by atomic mass is 9.65. The zero-order valence-corrected chi connectivity index (χ0v) is 14.3. The van der Waals surface area contributed by atoms with E-state index in [0.29, 0.717) is 12.1 Å². The summed E-state index contributed by atoms with van der Waals surface area (Å²) >= 11 is 0. The molecule has 0 aromatic rings. The fourth-order valence-electron chi connectivity index (χ4n) is 5.68. The van der Waals surface area contributed by atoms with E-state index in [1.54, 1.807) is 18.3 Å². The summed E-state index contributed by atoms with van der Waals surface area (Å²) in [5.41, 5.74) is 2.14. The Hall–Kier alpha value is -1.24. The second kappa shape index (κ2) is 5.13. The lowest BCUT2D eigenvalue weighted by Crippen LogP contribution is -2.60. The van der Waals surface area contributed by atoms with Crippen molar-refractivity contribution in [2.24, 2.45) is 5.41 Å². The van der Waals surface area contributed by atoms with Gasteiger partial charge in [0, 0.05) is 30.5 Å². The molecule has 1 saturated heterocycles. The zero-order valence-electron chi connectivity index (χ0n) is 14.3. The number of terminal acetylenes is 1. The SMILES string of the molecule is C#C[C@]1(O)CC[C@H]2N3CCC4=C(CC=C(OC)C4)[C@H]3CC[C@@]21C. The Bertz CT molecular complexity index is 628. The van der Waals surface area contributed by atoms with Crippen LogP contribution in [0.25, 0.3) is 0 Å². The second-order valence-corrected chi connectivity index (χ2v) is 7.90. The fraction of sp³-hybridized carbons (Fsp3) is 0.700. The van der Waals surface area contributed by atoms with Crippen molar-refractivity contribution in [3.63, 3.8) is 0 Å². The van der Waals surface area contributed by atoms with E-state index in [2.05, 4.69) is 23.8 Å². The van der Waals surface area contributed by atoms with Crippen LogP contribution in [0.1, 0.15) is 51.9 Å². The molecule has 2 aliphatic heterocycles. The van der Waals surface area contributed by atoms with Gasteiger partial charge in [0.25, 0.3) is 0 Å². The average Bonchev–Trinajstić information content (AvgIpc) is 2.86. The predicted molar refractivity (Wildman–Crippen MR) is 90.6 cm³/mol. The number of methoxy groups -OCH3 is 1. The molecule has 1 saturated carbocycles. The second-order valence-electron chi connectivity index (χ2n) is 7.90. The predicted octanol–water partition coefficient (Wildman–Crippen LogP) is 3.01.